The Bertz CT molecular complexity index is 1100. The van der Waals surface area contributed by atoms with E-state index in [4.69, 9.17) is 4.52 Å². The second-order valence-electron chi connectivity index (χ2n) is 14.6. The van der Waals surface area contributed by atoms with Crippen LogP contribution in [-0.2, 0) is 0 Å². The lowest BCUT2D eigenvalue weighted by Crippen LogP contribution is -2.65. The second-order valence-corrected chi connectivity index (χ2v) is 14.6. The van der Waals surface area contributed by atoms with Crippen LogP contribution in [0.4, 0.5) is 0 Å². The Hall–Kier alpha value is -1.62. The molecule has 5 heteroatoms. The number of carboxylic acid groups (broad SMARTS) is 1. The Morgan fingerprint density at radius 2 is 1.75 bits per heavy atom. The van der Waals surface area contributed by atoms with Gasteiger partial charge in [0.1, 0.15) is 0 Å². The molecule has 2 N–H and O–H groups in total. The number of carboxylic acids is 1. The number of hydrogen-bond donors (Lipinski definition) is 2. The fourth-order valence-corrected chi connectivity index (χ4v) is 11.5. The first kappa shape index (κ1) is 24.7. The summed E-state index contributed by atoms with van der Waals surface area (Å²) in [4.78, 5) is 11.4. The molecule has 8 atom stereocenters. The van der Waals surface area contributed by atoms with Gasteiger partial charge in [-0.3, -0.25) is 0 Å². The van der Waals surface area contributed by atoms with Crippen LogP contribution in [0.3, 0.4) is 0 Å². The van der Waals surface area contributed by atoms with Crippen LogP contribution >= 0.6 is 0 Å². The SMILES string of the molecule is CC1(C)C(c2cc(C(=O)O)no2)=CC[C@]2(C)[C@H]3CC[C@@H]4[C@H]5CCC[C@]5(CO)CC[C@@]4(C)[C@]3(C)CC[C@@H]12. The van der Waals surface area contributed by atoms with E-state index in [1.165, 1.54) is 57.8 Å². The summed E-state index contributed by atoms with van der Waals surface area (Å²) in [6, 6.07) is 1.61. The molecule has 1 aromatic heterocycles. The van der Waals surface area contributed by atoms with Crippen LogP contribution < -0.4 is 0 Å². The number of carbonyl (C=O) groups is 1. The largest absolute Gasteiger partial charge is 0.476 e. The van der Waals surface area contributed by atoms with Gasteiger partial charge in [-0.05, 0) is 114 Å². The number of aliphatic hydroxyl groups is 1. The van der Waals surface area contributed by atoms with Gasteiger partial charge in [-0.25, -0.2) is 4.79 Å². The summed E-state index contributed by atoms with van der Waals surface area (Å²) < 4.78 is 5.57. The first-order chi connectivity index (χ1) is 16.9. The fraction of sp³-hybridized carbons (Fsp3) is 0.806. The third-order valence-corrected chi connectivity index (χ3v) is 13.4. The molecule has 1 heterocycles. The van der Waals surface area contributed by atoms with Gasteiger partial charge in [0.2, 0.25) is 0 Å². The zero-order chi connectivity index (χ0) is 25.7. The van der Waals surface area contributed by atoms with Crippen LogP contribution in [-0.4, -0.2) is 27.9 Å². The number of aromatic carboxylic acids is 1. The average molecular weight is 496 g/mol. The van der Waals surface area contributed by atoms with Crippen molar-refractivity contribution in [2.45, 2.75) is 98.8 Å². The van der Waals surface area contributed by atoms with E-state index in [-0.39, 0.29) is 21.9 Å². The highest BCUT2D eigenvalue weighted by Gasteiger charge is 2.69. The Morgan fingerprint density at radius 1 is 0.972 bits per heavy atom. The van der Waals surface area contributed by atoms with Gasteiger partial charge in [-0.15, -0.1) is 0 Å². The fourth-order valence-electron chi connectivity index (χ4n) is 11.5. The van der Waals surface area contributed by atoms with Crippen LogP contribution in [0.25, 0.3) is 5.57 Å². The molecular formula is C31H45NO4. The van der Waals surface area contributed by atoms with Gasteiger partial charge >= 0.3 is 5.97 Å². The summed E-state index contributed by atoms with van der Waals surface area (Å²) in [6.45, 7) is 12.9. The minimum atomic E-state index is -1.04. The van der Waals surface area contributed by atoms with Gasteiger partial charge in [0, 0.05) is 12.7 Å². The van der Waals surface area contributed by atoms with E-state index in [0.717, 1.165) is 17.9 Å². The van der Waals surface area contributed by atoms with Gasteiger partial charge in [0.25, 0.3) is 0 Å². The van der Waals surface area contributed by atoms with Crippen molar-refractivity contribution < 1.29 is 19.5 Å². The second kappa shape index (κ2) is 7.71. The topological polar surface area (TPSA) is 83.6 Å². The molecule has 0 aliphatic heterocycles. The molecule has 36 heavy (non-hydrogen) atoms. The zero-order valence-electron chi connectivity index (χ0n) is 22.9. The molecule has 0 radical (unpaired) electrons. The highest BCUT2D eigenvalue weighted by atomic mass is 16.5. The molecule has 5 aliphatic rings. The smallest absolute Gasteiger partial charge is 0.358 e. The maximum atomic E-state index is 11.4. The molecule has 6 rings (SSSR count). The summed E-state index contributed by atoms with van der Waals surface area (Å²) in [5, 5.41) is 23.7. The molecule has 5 aliphatic carbocycles. The third-order valence-electron chi connectivity index (χ3n) is 13.4. The molecule has 1 aromatic rings. The van der Waals surface area contributed by atoms with E-state index < -0.39 is 5.97 Å². The van der Waals surface area contributed by atoms with Crippen molar-refractivity contribution in [1.82, 2.24) is 5.16 Å². The maximum absolute atomic E-state index is 11.4. The van der Waals surface area contributed by atoms with Crippen LogP contribution in [0.1, 0.15) is 115 Å². The summed E-state index contributed by atoms with van der Waals surface area (Å²) in [5.41, 5.74) is 2.08. The van der Waals surface area contributed by atoms with Gasteiger partial charge < -0.3 is 14.7 Å². The van der Waals surface area contributed by atoms with E-state index in [2.05, 4.69) is 45.9 Å². The highest BCUT2D eigenvalue weighted by Crippen LogP contribution is 2.77. The highest BCUT2D eigenvalue weighted by molar-refractivity contribution is 5.86. The minimum absolute atomic E-state index is 0.0133. The predicted octanol–water partition coefficient (Wildman–Crippen LogP) is 7.21. The van der Waals surface area contributed by atoms with Crippen molar-refractivity contribution in [1.29, 1.82) is 0 Å². The first-order valence-corrected chi connectivity index (χ1v) is 14.4. The van der Waals surface area contributed by atoms with Gasteiger partial charge in [-0.1, -0.05) is 52.3 Å². The molecule has 0 amide bonds. The van der Waals surface area contributed by atoms with Gasteiger partial charge in [0.05, 0.1) is 0 Å². The lowest BCUT2D eigenvalue weighted by atomic mass is 9.33. The monoisotopic (exact) mass is 495 g/mol. The number of aromatic nitrogens is 1. The van der Waals surface area contributed by atoms with Crippen LogP contribution in [0.5, 0.6) is 0 Å². The lowest BCUT2D eigenvalue weighted by Gasteiger charge is -2.72. The summed E-state index contributed by atoms with van der Waals surface area (Å²) in [6.07, 6.45) is 14.8. The summed E-state index contributed by atoms with van der Waals surface area (Å²) in [7, 11) is 0. The van der Waals surface area contributed by atoms with Crippen LogP contribution in [0, 0.1) is 50.7 Å². The van der Waals surface area contributed by atoms with E-state index in [0.29, 0.717) is 41.0 Å². The average Bonchev–Trinajstić information content (AvgIpc) is 3.47. The van der Waals surface area contributed by atoms with E-state index in [9.17, 15) is 15.0 Å². The molecule has 0 unspecified atom stereocenters. The molecule has 0 aromatic carbocycles. The normalized spacial score (nSPS) is 47.2. The van der Waals surface area contributed by atoms with Crippen molar-refractivity contribution in [2.75, 3.05) is 6.61 Å². The Balaban J connectivity index is 1.36. The van der Waals surface area contributed by atoms with Crippen LogP contribution in [0.2, 0.25) is 0 Å². The number of aliphatic hydroxyl groups excluding tert-OH is 1. The molecule has 0 saturated heterocycles. The van der Waals surface area contributed by atoms with Crippen molar-refractivity contribution in [2.24, 2.45) is 50.7 Å². The minimum Gasteiger partial charge on any atom is -0.476 e. The Kier molecular flexibility index (Phi) is 5.29. The number of rotatable bonds is 3. The number of fused-ring (bicyclic) bond motifs is 7. The van der Waals surface area contributed by atoms with Crippen molar-refractivity contribution in [3.63, 3.8) is 0 Å². The van der Waals surface area contributed by atoms with Crippen molar-refractivity contribution in [3.05, 3.63) is 23.6 Å². The van der Waals surface area contributed by atoms with Gasteiger partial charge in [0.15, 0.2) is 11.5 Å². The quantitative estimate of drug-likeness (QED) is 0.463. The van der Waals surface area contributed by atoms with Gasteiger partial charge in [-0.2, -0.15) is 0 Å². The number of nitrogens with zero attached hydrogens (tertiary/aromatic N) is 1. The molecule has 4 saturated carbocycles. The molecule has 0 spiro atoms. The van der Waals surface area contributed by atoms with E-state index in [1.807, 2.05) is 0 Å². The molecular weight excluding hydrogens is 450 g/mol. The lowest BCUT2D eigenvalue weighted by molar-refractivity contribution is -0.225. The van der Waals surface area contributed by atoms with Crippen molar-refractivity contribution in [3.8, 4) is 0 Å². The summed E-state index contributed by atoms with van der Waals surface area (Å²) >= 11 is 0. The molecule has 0 bridgehead atoms. The predicted molar refractivity (Wildman–Crippen MR) is 139 cm³/mol. The first-order valence-electron chi connectivity index (χ1n) is 14.4. The Morgan fingerprint density at radius 3 is 2.44 bits per heavy atom. The summed E-state index contributed by atoms with van der Waals surface area (Å²) in [5.74, 6) is 2.23. The number of allylic oxidation sites excluding steroid dienone is 2. The molecule has 198 valence electrons. The van der Waals surface area contributed by atoms with E-state index >= 15 is 0 Å². The standard InChI is InChI=1S/C31H45NO4/c1-27(2)21(23-17-22(26(34)35)32-36-23)10-13-28(3)24(27)11-14-30(5)25(28)9-8-19-20-7-6-12-31(20,18-33)16-15-29(19,30)4/h10,17,19-20,24-25,33H,6-9,11-16,18H2,1-5H3,(H,34,35)/t19-,20-,24+,25-,28+,29-,30-,31-/m1/s1. The maximum Gasteiger partial charge on any atom is 0.358 e. The van der Waals surface area contributed by atoms with Crippen LogP contribution in [0.15, 0.2) is 16.7 Å². The molecule has 5 nitrogen and oxygen atoms in total. The van der Waals surface area contributed by atoms with E-state index in [1.54, 1.807) is 6.07 Å². The Labute approximate surface area is 216 Å². The zero-order valence-corrected chi connectivity index (χ0v) is 22.9. The number of hydrogen-bond acceptors (Lipinski definition) is 4. The van der Waals surface area contributed by atoms with Crippen molar-refractivity contribution >= 4 is 11.5 Å². The third kappa shape index (κ3) is 2.93. The molecule has 4 fully saturated rings.